The molecule has 4 nitrogen and oxygen atoms in total. The van der Waals surface area contributed by atoms with Crippen molar-refractivity contribution < 1.29 is 13.9 Å². The summed E-state index contributed by atoms with van der Waals surface area (Å²) in [5, 5.41) is 0. The Hall–Kier alpha value is -1.78. The summed E-state index contributed by atoms with van der Waals surface area (Å²) in [4.78, 5) is 10.8. The Morgan fingerprint density at radius 2 is 2.15 bits per heavy atom. The average Bonchev–Trinajstić information content (AvgIpc) is 2.04. The molecule has 1 aromatic carbocycles. The number of carbonyl (C=O) groups is 1. The first-order valence-corrected chi connectivity index (χ1v) is 3.49. The van der Waals surface area contributed by atoms with Gasteiger partial charge in [0.25, 0.3) is 5.91 Å². The first-order chi connectivity index (χ1) is 6.07. The van der Waals surface area contributed by atoms with E-state index in [2.05, 4.69) is 0 Å². The van der Waals surface area contributed by atoms with Gasteiger partial charge in [-0.05, 0) is 12.1 Å². The fourth-order valence-corrected chi connectivity index (χ4v) is 1.00. The van der Waals surface area contributed by atoms with Crippen molar-refractivity contribution in [2.45, 2.75) is 0 Å². The van der Waals surface area contributed by atoms with E-state index in [9.17, 15) is 9.18 Å². The predicted octanol–water partition coefficient (Wildman–Crippen LogP) is 0.515. The quantitative estimate of drug-likeness (QED) is 0.657. The summed E-state index contributed by atoms with van der Waals surface area (Å²) >= 11 is 0. The molecule has 0 radical (unpaired) electrons. The summed E-state index contributed by atoms with van der Waals surface area (Å²) < 4.78 is 17.8. The number of nitrogens with two attached hydrogens (primary N) is 2. The maximum Gasteiger partial charge on any atom is 0.253 e. The molecule has 0 heterocycles. The molecular formula is C8H9FN2O2. The van der Waals surface area contributed by atoms with E-state index in [1.807, 2.05) is 0 Å². The number of rotatable bonds is 2. The van der Waals surface area contributed by atoms with Gasteiger partial charge in [-0.25, -0.2) is 4.39 Å². The van der Waals surface area contributed by atoms with Crippen LogP contribution in [0.3, 0.4) is 0 Å². The van der Waals surface area contributed by atoms with E-state index >= 15 is 0 Å². The monoisotopic (exact) mass is 184 g/mol. The first kappa shape index (κ1) is 9.31. The van der Waals surface area contributed by atoms with E-state index in [0.717, 1.165) is 6.07 Å². The number of hydrogen-bond donors (Lipinski definition) is 2. The summed E-state index contributed by atoms with van der Waals surface area (Å²) in [6.45, 7) is 0. The third-order valence-electron chi connectivity index (χ3n) is 1.62. The second-order valence-electron chi connectivity index (χ2n) is 2.40. The molecule has 4 N–H and O–H groups in total. The van der Waals surface area contributed by atoms with Crippen LogP contribution in [0.15, 0.2) is 12.1 Å². The van der Waals surface area contributed by atoms with Gasteiger partial charge in [0.05, 0.1) is 12.8 Å². The minimum Gasteiger partial charge on any atom is -0.495 e. The summed E-state index contributed by atoms with van der Waals surface area (Å²) in [6, 6.07) is 2.41. The molecule has 0 fully saturated rings. The molecule has 1 rings (SSSR count). The van der Waals surface area contributed by atoms with Crippen LogP contribution in [0.25, 0.3) is 0 Å². The van der Waals surface area contributed by atoms with E-state index in [1.54, 1.807) is 0 Å². The zero-order chi connectivity index (χ0) is 10.0. The van der Waals surface area contributed by atoms with Gasteiger partial charge in [-0.1, -0.05) is 0 Å². The summed E-state index contributed by atoms with van der Waals surface area (Å²) in [6.07, 6.45) is 0. The van der Waals surface area contributed by atoms with Crippen LogP contribution < -0.4 is 16.2 Å². The van der Waals surface area contributed by atoms with E-state index in [4.69, 9.17) is 16.2 Å². The van der Waals surface area contributed by atoms with Crippen molar-refractivity contribution in [1.29, 1.82) is 0 Å². The molecule has 70 valence electrons. The van der Waals surface area contributed by atoms with Crippen LogP contribution in [0.1, 0.15) is 10.4 Å². The number of halogens is 1. The Balaban J connectivity index is 3.38. The van der Waals surface area contributed by atoms with Gasteiger partial charge in [0, 0.05) is 0 Å². The van der Waals surface area contributed by atoms with Gasteiger partial charge >= 0.3 is 0 Å². The van der Waals surface area contributed by atoms with Gasteiger partial charge in [-0.15, -0.1) is 0 Å². The maximum atomic E-state index is 13.0. The lowest BCUT2D eigenvalue weighted by atomic mass is 10.1. The van der Waals surface area contributed by atoms with Crippen molar-refractivity contribution in [2.24, 2.45) is 5.73 Å². The molecule has 13 heavy (non-hydrogen) atoms. The van der Waals surface area contributed by atoms with Crippen LogP contribution in [-0.4, -0.2) is 13.0 Å². The van der Waals surface area contributed by atoms with Gasteiger partial charge in [0.1, 0.15) is 17.1 Å². The lowest BCUT2D eigenvalue weighted by molar-refractivity contribution is 0.0997. The molecule has 1 amide bonds. The molecule has 0 unspecified atom stereocenters. The van der Waals surface area contributed by atoms with Gasteiger partial charge in [0.2, 0.25) is 0 Å². The highest BCUT2D eigenvalue weighted by Crippen LogP contribution is 2.26. The van der Waals surface area contributed by atoms with Gasteiger partial charge < -0.3 is 16.2 Å². The van der Waals surface area contributed by atoms with Crippen LogP contribution in [0, 0.1) is 5.82 Å². The zero-order valence-electron chi connectivity index (χ0n) is 7.00. The Labute approximate surface area is 74.3 Å². The highest BCUT2D eigenvalue weighted by molar-refractivity contribution is 5.99. The smallest absolute Gasteiger partial charge is 0.253 e. The maximum absolute atomic E-state index is 13.0. The number of methoxy groups -OCH3 is 1. The van der Waals surface area contributed by atoms with Crippen molar-refractivity contribution in [1.82, 2.24) is 0 Å². The molecule has 1 aromatic rings. The molecule has 0 bridgehead atoms. The van der Waals surface area contributed by atoms with Crippen LogP contribution >= 0.6 is 0 Å². The van der Waals surface area contributed by atoms with Crippen molar-refractivity contribution in [3.63, 3.8) is 0 Å². The number of benzene rings is 1. The van der Waals surface area contributed by atoms with Crippen LogP contribution in [-0.2, 0) is 0 Å². The molecule has 0 saturated carbocycles. The van der Waals surface area contributed by atoms with Gasteiger partial charge in [-0.2, -0.15) is 0 Å². The third kappa shape index (κ3) is 1.53. The molecule has 0 aliphatic rings. The number of primary amides is 1. The largest absolute Gasteiger partial charge is 0.495 e. The van der Waals surface area contributed by atoms with E-state index in [-0.39, 0.29) is 17.0 Å². The van der Waals surface area contributed by atoms with E-state index < -0.39 is 11.7 Å². The normalized spacial score (nSPS) is 9.69. The molecular weight excluding hydrogens is 175 g/mol. The van der Waals surface area contributed by atoms with E-state index in [0.29, 0.717) is 0 Å². The zero-order valence-corrected chi connectivity index (χ0v) is 7.00. The average molecular weight is 184 g/mol. The minimum absolute atomic E-state index is 0.0741. The van der Waals surface area contributed by atoms with Crippen LogP contribution in [0.2, 0.25) is 0 Å². The number of hydrogen-bond acceptors (Lipinski definition) is 3. The van der Waals surface area contributed by atoms with Gasteiger partial charge in [0.15, 0.2) is 0 Å². The first-order valence-electron chi connectivity index (χ1n) is 3.49. The molecule has 0 saturated heterocycles. The number of anilines is 1. The Morgan fingerprint density at radius 3 is 2.62 bits per heavy atom. The second kappa shape index (κ2) is 3.30. The standard InChI is InChI=1S/C8H9FN2O2/c1-13-5-3-2-4(9)6(7(5)10)8(11)12/h2-3H,10H2,1H3,(H2,11,12). The van der Waals surface area contributed by atoms with Crippen molar-refractivity contribution in [2.75, 3.05) is 12.8 Å². The number of nitrogen functional groups attached to an aromatic ring is 1. The Morgan fingerprint density at radius 1 is 1.54 bits per heavy atom. The second-order valence-corrected chi connectivity index (χ2v) is 2.40. The van der Waals surface area contributed by atoms with Crippen LogP contribution in [0.5, 0.6) is 5.75 Å². The summed E-state index contributed by atoms with van der Waals surface area (Å²) in [5.41, 5.74) is 9.95. The fraction of sp³-hybridized carbons (Fsp3) is 0.125. The lowest BCUT2D eigenvalue weighted by Crippen LogP contribution is -2.16. The number of amides is 1. The van der Waals surface area contributed by atoms with Crippen molar-refractivity contribution >= 4 is 11.6 Å². The third-order valence-corrected chi connectivity index (χ3v) is 1.62. The molecule has 5 heteroatoms. The highest BCUT2D eigenvalue weighted by atomic mass is 19.1. The molecule has 0 spiro atoms. The highest BCUT2D eigenvalue weighted by Gasteiger charge is 2.15. The topological polar surface area (TPSA) is 78.3 Å². The van der Waals surface area contributed by atoms with Crippen molar-refractivity contribution in [3.05, 3.63) is 23.5 Å². The molecule has 0 aromatic heterocycles. The Kier molecular flexibility index (Phi) is 2.36. The minimum atomic E-state index is -0.908. The van der Waals surface area contributed by atoms with Crippen molar-refractivity contribution in [3.8, 4) is 5.75 Å². The Bertz CT molecular complexity index is 352. The fourth-order valence-electron chi connectivity index (χ4n) is 1.00. The molecule has 0 aliphatic heterocycles. The summed E-state index contributed by atoms with van der Waals surface area (Å²) in [7, 11) is 1.37. The lowest BCUT2D eigenvalue weighted by Gasteiger charge is -2.07. The summed E-state index contributed by atoms with van der Waals surface area (Å²) in [5.74, 6) is -1.42. The van der Waals surface area contributed by atoms with E-state index in [1.165, 1.54) is 13.2 Å². The number of ether oxygens (including phenoxy) is 1. The SMILES string of the molecule is COc1ccc(F)c(C(N)=O)c1N. The predicted molar refractivity (Wildman–Crippen MR) is 45.9 cm³/mol. The number of carbonyl (C=O) groups excluding carboxylic acids is 1. The molecule has 0 aliphatic carbocycles. The molecule has 0 atom stereocenters. The van der Waals surface area contributed by atoms with Gasteiger partial charge in [-0.3, -0.25) is 4.79 Å². The van der Waals surface area contributed by atoms with Crippen LogP contribution in [0.4, 0.5) is 10.1 Å².